The number of fused-ring (bicyclic) bond motifs is 3. The van der Waals surface area contributed by atoms with Crippen LogP contribution in [-0.2, 0) is 44.1 Å². The molecule has 6 rings (SSSR count). The number of hydrogen-bond acceptors (Lipinski definition) is 10. The number of anilines is 1. The molecule has 0 radical (unpaired) electrons. The third-order valence-corrected chi connectivity index (χ3v) is 12.8. The Kier molecular flexibility index (Phi) is 13.6. The molecule has 1 aliphatic carbocycles. The van der Waals surface area contributed by atoms with Gasteiger partial charge in [0.05, 0.1) is 50.6 Å². The topological polar surface area (TPSA) is 143 Å². The molecule has 15 heteroatoms. The first-order chi connectivity index (χ1) is 26.5. The number of carbonyl (C=O) groups is 2. The van der Waals surface area contributed by atoms with Crippen LogP contribution in [0.1, 0.15) is 64.4 Å². The number of aromatic nitrogens is 2. The molecule has 1 unspecified atom stereocenters. The van der Waals surface area contributed by atoms with Crippen molar-refractivity contribution in [1.29, 1.82) is 0 Å². The molecule has 1 fully saturated rings. The van der Waals surface area contributed by atoms with E-state index in [0.717, 1.165) is 43.4 Å². The van der Waals surface area contributed by atoms with Gasteiger partial charge in [-0.25, -0.2) is 4.21 Å². The predicted octanol–water partition coefficient (Wildman–Crippen LogP) is 6.04. The lowest BCUT2D eigenvalue weighted by molar-refractivity contribution is 0.00706. The molecule has 2 amide bonds. The molecule has 1 aromatic heterocycles. The zero-order valence-electron chi connectivity index (χ0n) is 32.2. The Morgan fingerprint density at radius 2 is 1.87 bits per heavy atom. The SMILES string of the molecule is COCCO[C@H]1/C=C/[C@H](OC)[C@@H]2CC[C@H]2CN2Cc3ccc(Cl)cc3CCCCOc3ccc(cc32)C(=O)N=S(=O)(NC(=O)c2cn(C)nc2OC)C[C@H]1C. The third-order valence-electron chi connectivity index (χ3n) is 10.7. The summed E-state index contributed by atoms with van der Waals surface area (Å²) in [6.45, 7) is 4.21. The van der Waals surface area contributed by atoms with Gasteiger partial charge in [0.25, 0.3) is 11.8 Å². The summed E-state index contributed by atoms with van der Waals surface area (Å²) in [5, 5.41) is 4.86. The van der Waals surface area contributed by atoms with Crippen LogP contribution in [0.15, 0.2) is 59.1 Å². The molecule has 2 aliphatic heterocycles. The highest BCUT2D eigenvalue weighted by Crippen LogP contribution is 2.42. The normalized spacial score (nSPS) is 26.5. The van der Waals surface area contributed by atoms with E-state index in [-0.39, 0.29) is 47.3 Å². The van der Waals surface area contributed by atoms with Crippen molar-refractivity contribution in [1.82, 2.24) is 14.5 Å². The minimum atomic E-state index is -3.78. The van der Waals surface area contributed by atoms with Gasteiger partial charge in [0, 0.05) is 57.1 Å². The second-order valence-corrected chi connectivity index (χ2v) is 17.0. The Hall–Kier alpha value is -3.95. The molecular formula is C40H52ClN5O8S. The quantitative estimate of drug-likeness (QED) is 0.212. The molecule has 6 atom stereocenters. The molecule has 3 heterocycles. The van der Waals surface area contributed by atoms with E-state index in [1.165, 1.54) is 23.6 Å². The average molecular weight is 798 g/mol. The second-order valence-electron chi connectivity index (χ2n) is 14.5. The van der Waals surface area contributed by atoms with Gasteiger partial charge in [-0.15, -0.1) is 9.46 Å². The summed E-state index contributed by atoms with van der Waals surface area (Å²) in [5.41, 5.74) is 3.34. The standard InChI is InChI=1S/C40H52ClN5O8S/c1-26-25-55(49,44-39(48)33-24-45(2)42-40(33)52-5)43-38(47)28-11-14-37-34(21-28)46(22-29-9-12-31(41)20-27(29)8-6-7-17-53-37)23-30-10-13-32(30)36(51-4)16-15-35(26)54-19-18-50-3/h9,11-12,14-16,20-21,24,26,30,32,35-36H,6-8,10,13,17-19,22-23,25H2,1-5H3,(H,43,44,47,48,49)/b16-15+/t26-,30+,32-,35+,36+,55?/m1/s1. The van der Waals surface area contributed by atoms with Crippen LogP contribution in [-0.4, -0.2) is 91.5 Å². The van der Waals surface area contributed by atoms with Gasteiger partial charge in [0.1, 0.15) is 21.2 Å². The molecule has 2 aromatic carbocycles. The number of carbonyl (C=O) groups excluding carboxylic acids is 2. The summed E-state index contributed by atoms with van der Waals surface area (Å²) in [7, 11) is 2.56. The van der Waals surface area contributed by atoms with Crippen LogP contribution >= 0.6 is 11.6 Å². The summed E-state index contributed by atoms with van der Waals surface area (Å²) in [6.07, 6.45) is 9.28. The fourth-order valence-corrected chi connectivity index (χ4v) is 9.67. The molecule has 298 valence electrons. The van der Waals surface area contributed by atoms with Gasteiger partial charge in [-0.3, -0.25) is 19.0 Å². The summed E-state index contributed by atoms with van der Waals surface area (Å²) < 4.78 is 52.6. The number of halogens is 1. The molecule has 55 heavy (non-hydrogen) atoms. The predicted molar refractivity (Wildman–Crippen MR) is 211 cm³/mol. The number of rotatable bonds is 8. The molecule has 2 bridgehead atoms. The summed E-state index contributed by atoms with van der Waals surface area (Å²) >= 11 is 6.49. The van der Waals surface area contributed by atoms with Crippen molar-refractivity contribution in [2.45, 2.75) is 57.8 Å². The Morgan fingerprint density at radius 3 is 2.62 bits per heavy atom. The van der Waals surface area contributed by atoms with Gasteiger partial charge in [0.2, 0.25) is 5.88 Å². The van der Waals surface area contributed by atoms with Crippen LogP contribution in [0.5, 0.6) is 11.6 Å². The smallest absolute Gasteiger partial charge is 0.286 e. The Balaban J connectivity index is 1.48. The fraction of sp³-hybridized carbons (Fsp3) is 0.525. The zero-order valence-corrected chi connectivity index (χ0v) is 33.8. The third kappa shape index (κ3) is 9.90. The first-order valence-electron chi connectivity index (χ1n) is 18.8. The zero-order chi connectivity index (χ0) is 39.1. The lowest BCUT2D eigenvalue weighted by Gasteiger charge is -2.43. The van der Waals surface area contributed by atoms with Crippen LogP contribution in [0.25, 0.3) is 0 Å². The molecule has 1 saturated carbocycles. The maximum atomic E-state index is 14.9. The molecule has 1 N–H and O–H groups in total. The van der Waals surface area contributed by atoms with Crippen LogP contribution < -0.4 is 19.1 Å². The maximum absolute atomic E-state index is 14.9. The van der Waals surface area contributed by atoms with Gasteiger partial charge in [-0.2, -0.15) is 0 Å². The van der Waals surface area contributed by atoms with Crippen molar-refractivity contribution >= 4 is 39.0 Å². The van der Waals surface area contributed by atoms with E-state index in [2.05, 4.69) is 25.1 Å². The van der Waals surface area contributed by atoms with Gasteiger partial charge < -0.3 is 28.6 Å². The van der Waals surface area contributed by atoms with Crippen LogP contribution in [0.4, 0.5) is 5.69 Å². The molecular weight excluding hydrogens is 746 g/mol. The molecule has 3 aliphatic rings. The van der Waals surface area contributed by atoms with Crippen LogP contribution in [0.2, 0.25) is 5.02 Å². The number of methoxy groups -OCH3 is 3. The minimum Gasteiger partial charge on any atom is -0.491 e. The molecule has 0 saturated heterocycles. The minimum absolute atomic E-state index is 0.0484. The van der Waals surface area contributed by atoms with Gasteiger partial charge in [-0.05, 0) is 85.4 Å². The number of nitrogens with zero attached hydrogens (tertiary/aromatic N) is 4. The highest BCUT2D eigenvalue weighted by Gasteiger charge is 2.38. The van der Waals surface area contributed by atoms with Crippen molar-refractivity contribution in [3.63, 3.8) is 0 Å². The van der Waals surface area contributed by atoms with E-state index in [1.807, 2.05) is 31.2 Å². The van der Waals surface area contributed by atoms with E-state index in [4.69, 9.17) is 35.3 Å². The van der Waals surface area contributed by atoms with Crippen LogP contribution in [0.3, 0.4) is 0 Å². The number of aryl methyl sites for hydroxylation is 2. The van der Waals surface area contributed by atoms with E-state index in [1.54, 1.807) is 39.5 Å². The summed E-state index contributed by atoms with van der Waals surface area (Å²) in [4.78, 5) is 30.2. The average Bonchev–Trinajstić information content (AvgIpc) is 3.53. The number of amides is 2. The highest BCUT2D eigenvalue weighted by molar-refractivity contribution is 7.92. The van der Waals surface area contributed by atoms with E-state index in [9.17, 15) is 13.8 Å². The van der Waals surface area contributed by atoms with Crippen molar-refractivity contribution in [2.75, 3.05) is 58.3 Å². The Bertz CT molecular complexity index is 1990. The number of ether oxygens (including phenoxy) is 5. The molecule has 13 nitrogen and oxygen atoms in total. The van der Waals surface area contributed by atoms with E-state index < -0.39 is 33.8 Å². The lowest BCUT2D eigenvalue weighted by Crippen LogP contribution is -2.43. The van der Waals surface area contributed by atoms with Gasteiger partial charge in [-0.1, -0.05) is 36.7 Å². The first-order valence-corrected chi connectivity index (χ1v) is 20.9. The monoisotopic (exact) mass is 797 g/mol. The number of hydrogen-bond donors (Lipinski definition) is 1. The summed E-state index contributed by atoms with van der Waals surface area (Å²) in [6, 6.07) is 11.2. The molecule has 3 aromatic rings. The number of benzene rings is 2. The number of nitrogens with one attached hydrogen (secondary N) is 1. The fourth-order valence-electron chi connectivity index (χ4n) is 7.60. The van der Waals surface area contributed by atoms with Crippen molar-refractivity contribution in [2.24, 2.45) is 29.2 Å². The van der Waals surface area contributed by atoms with E-state index >= 15 is 0 Å². The molecule has 0 spiro atoms. The Labute approximate surface area is 328 Å². The lowest BCUT2D eigenvalue weighted by atomic mass is 9.70. The van der Waals surface area contributed by atoms with Crippen molar-refractivity contribution < 1.29 is 37.5 Å². The summed E-state index contributed by atoms with van der Waals surface area (Å²) in [5.74, 6) is -0.947. The highest BCUT2D eigenvalue weighted by atomic mass is 35.5. The maximum Gasteiger partial charge on any atom is 0.286 e. The van der Waals surface area contributed by atoms with Gasteiger partial charge >= 0.3 is 0 Å². The van der Waals surface area contributed by atoms with Crippen LogP contribution in [0, 0.1) is 17.8 Å². The van der Waals surface area contributed by atoms with Gasteiger partial charge in [0.15, 0.2) is 0 Å². The second kappa shape index (κ2) is 18.3. The van der Waals surface area contributed by atoms with Crippen molar-refractivity contribution in [3.8, 4) is 11.6 Å². The first kappa shape index (κ1) is 40.7. The Morgan fingerprint density at radius 1 is 1.05 bits per heavy atom. The van der Waals surface area contributed by atoms with Crippen molar-refractivity contribution in [3.05, 3.63) is 82.0 Å². The van der Waals surface area contributed by atoms with E-state index in [0.29, 0.717) is 37.1 Å². The largest absolute Gasteiger partial charge is 0.491 e.